The number of carbonyl (C=O) groups excluding carboxylic acids is 1. The number of nitrogens with one attached hydrogen (secondary N) is 2. The van der Waals surface area contributed by atoms with Crippen molar-refractivity contribution in [2.75, 3.05) is 12.8 Å². The van der Waals surface area contributed by atoms with Gasteiger partial charge in [0.15, 0.2) is 0 Å². The third kappa shape index (κ3) is 24.7. The Morgan fingerprint density at radius 3 is 1.87 bits per heavy atom. The molecule has 0 rings (SSSR count). The molecule has 0 aliphatic rings. The van der Waals surface area contributed by atoms with Crippen LogP contribution in [0.4, 0.5) is 0 Å². The summed E-state index contributed by atoms with van der Waals surface area (Å²) in [6.07, 6.45) is -0.583. The van der Waals surface area contributed by atoms with E-state index < -0.39 is 19.8 Å². The molecule has 0 saturated carbocycles. The van der Waals surface area contributed by atoms with E-state index in [-0.39, 0.29) is 6.54 Å². The Bertz CT molecular complexity index is 182. The maximum atomic E-state index is 10.2. The fourth-order valence-electron chi connectivity index (χ4n) is 0.355. The highest BCUT2D eigenvalue weighted by atomic mass is 31.2. The number of hydrogen-bond acceptors (Lipinski definition) is 4. The van der Waals surface area contributed by atoms with Crippen molar-refractivity contribution in [1.82, 2.24) is 10.8 Å². The Balaban J connectivity index is -0.000000318. The first-order valence-corrected chi connectivity index (χ1v) is 6.43. The van der Waals surface area contributed by atoms with Crippen LogP contribution in [0.1, 0.15) is 27.7 Å². The minimum Gasteiger partial charge on any atom is -0.324 e. The molecule has 0 aromatic heterocycles. The topological polar surface area (TPSA) is 119 Å². The number of amides is 1. The van der Waals surface area contributed by atoms with E-state index in [1.165, 1.54) is 5.48 Å². The van der Waals surface area contributed by atoms with Crippen molar-refractivity contribution in [2.24, 2.45) is 0 Å². The van der Waals surface area contributed by atoms with Crippen LogP contribution in [0, 0.1) is 0 Å². The zero-order chi connectivity index (χ0) is 12.9. The van der Waals surface area contributed by atoms with Crippen LogP contribution >= 0.6 is 7.60 Å². The lowest BCUT2D eigenvalue weighted by Crippen LogP contribution is -2.32. The molecule has 0 unspecified atom stereocenters. The van der Waals surface area contributed by atoms with Crippen molar-refractivity contribution in [2.45, 2.75) is 27.7 Å². The summed E-state index contributed by atoms with van der Waals surface area (Å²) in [5.74, 6) is -0.751. The molecule has 8 heteroatoms. The number of hydrogen-bond donors (Lipinski definition) is 5. The molecule has 0 aliphatic carbocycles. The lowest BCUT2D eigenvalue weighted by molar-refractivity contribution is -0.128. The lowest BCUT2D eigenvalue weighted by atomic mass is 10.6. The van der Waals surface area contributed by atoms with E-state index in [4.69, 9.17) is 15.0 Å². The van der Waals surface area contributed by atoms with Gasteiger partial charge in [0.2, 0.25) is 0 Å². The molecule has 0 fully saturated rings. The van der Waals surface area contributed by atoms with E-state index in [0.29, 0.717) is 0 Å². The van der Waals surface area contributed by atoms with Crippen molar-refractivity contribution >= 4 is 13.5 Å². The normalized spacial score (nSPS) is 9.00. The van der Waals surface area contributed by atoms with Crippen LogP contribution in [0.5, 0.6) is 0 Å². The predicted octanol–water partition coefficient (Wildman–Crippen LogP) is 0.269. The molecule has 5 N–H and O–H groups in total. The monoisotopic (exact) mass is 244 g/mol. The van der Waals surface area contributed by atoms with E-state index in [9.17, 15) is 9.36 Å². The van der Waals surface area contributed by atoms with Crippen molar-refractivity contribution < 1.29 is 24.4 Å². The summed E-state index contributed by atoms with van der Waals surface area (Å²) in [7, 11) is -4.11. The average Bonchev–Trinajstić information content (AvgIpc) is 2.22. The van der Waals surface area contributed by atoms with Crippen LogP contribution in [-0.2, 0) is 9.36 Å². The van der Waals surface area contributed by atoms with E-state index in [2.05, 4.69) is 5.32 Å². The highest BCUT2D eigenvalue weighted by molar-refractivity contribution is 7.51. The summed E-state index contributed by atoms with van der Waals surface area (Å²) in [6.45, 7) is 7.67. The Morgan fingerprint density at radius 2 is 1.60 bits per heavy atom. The first-order chi connectivity index (χ1) is 6.95. The number of rotatable bonds is 4. The van der Waals surface area contributed by atoms with Crippen molar-refractivity contribution in [1.29, 1.82) is 0 Å². The maximum Gasteiger partial charge on any atom is 0.339 e. The van der Waals surface area contributed by atoms with Gasteiger partial charge >= 0.3 is 7.60 Å². The van der Waals surface area contributed by atoms with Gasteiger partial charge in [-0.3, -0.25) is 19.9 Å². The number of hydroxylamine groups is 1. The Kier molecular flexibility index (Phi) is 18.1. The fraction of sp³-hybridized carbons (Fsp3) is 0.857. The molecule has 15 heavy (non-hydrogen) atoms. The van der Waals surface area contributed by atoms with Gasteiger partial charge in [0.05, 0.1) is 12.8 Å². The molecule has 0 spiro atoms. The van der Waals surface area contributed by atoms with Crippen molar-refractivity contribution in [3.05, 3.63) is 0 Å². The molecule has 94 valence electrons. The van der Waals surface area contributed by atoms with Gasteiger partial charge in [0, 0.05) is 0 Å². The van der Waals surface area contributed by atoms with Crippen molar-refractivity contribution in [3.63, 3.8) is 0 Å². The molecule has 0 aromatic rings. The van der Waals surface area contributed by atoms with Gasteiger partial charge in [-0.05, 0) is 0 Å². The Morgan fingerprint density at radius 1 is 1.20 bits per heavy atom. The molecule has 0 atom stereocenters. The van der Waals surface area contributed by atoms with Gasteiger partial charge in [-0.2, -0.15) is 0 Å². The van der Waals surface area contributed by atoms with Gasteiger partial charge in [0.1, 0.15) is 0 Å². The second kappa shape index (κ2) is 13.5. The molecule has 0 aromatic carbocycles. The lowest BCUT2D eigenvalue weighted by Gasteiger charge is -2.03. The Hall–Kier alpha value is -0.460. The first-order valence-electron chi connectivity index (χ1n) is 4.64. The van der Waals surface area contributed by atoms with Gasteiger partial charge in [0.25, 0.3) is 5.91 Å². The smallest absolute Gasteiger partial charge is 0.324 e. The summed E-state index contributed by atoms with van der Waals surface area (Å²) in [5, 5.41) is 10.1. The van der Waals surface area contributed by atoms with Crippen LogP contribution in [-0.4, -0.2) is 33.7 Å². The highest BCUT2D eigenvalue weighted by Gasteiger charge is 2.11. The molecule has 0 heterocycles. The zero-order valence-electron chi connectivity index (χ0n) is 9.52. The molecular formula is C7H21N2O5P. The average molecular weight is 244 g/mol. The van der Waals surface area contributed by atoms with Gasteiger partial charge in [-0.25, -0.2) is 5.48 Å². The molecule has 0 radical (unpaired) electrons. The van der Waals surface area contributed by atoms with Crippen LogP contribution < -0.4 is 10.8 Å². The van der Waals surface area contributed by atoms with Crippen molar-refractivity contribution in [3.8, 4) is 0 Å². The third-order valence-electron chi connectivity index (χ3n) is 0.728. The third-order valence-corrected chi connectivity index (χ3v) is 1.36. The highest BCUT2D eigenvalue weighted by Crippen LogP contribution is 2.31. The summed E-state index contributed by atoms with van der Waals surface area (Å²) in [5.41, 5.74) is 1.30. The standard InChI is InChI=1S/C3H9N2O5P.2C2H6/c6-3(5-7)1-4-2-11(8,9)10;2*1-2/h4,7H,1-2H2,(H,5,6)(H2,8,9,10);2*1-2H3. The summed E-state index contributed by atoms with van der Waals surface area (Å²) in [6, 6.07) is 0. The fourth-order valence-corrected chi connectivity index (χ4v) is 0.758. The second-order valence-electron chi connectivity index (χ2n) is 1.78. The molecular weight excluding hydrogens is 223 g/mol. The minimum atomic E-state index is -4.11. The minimum absolute atomic E-state index is 0.332. The predicted molar refractivity (Wildman–Crippen MR) is 57.5 cm³/mol. The van der Waals surface area contributed by atoms with Crippen LogP contribution in [0.2, 0.25) is 0 Å². The molecule has 0 aliphatic heterocycles. The van der Waals surface area contributed by atoms with E-state index >= 15 is 0 Å². The Labute approximate surface area is 90.0 Å². The van der Waals surface area contributed by atoms with Crippen LogP contribution in [0.15, 0.2) is 0 Å². The summed E-state index contributed by atoms with van der Waals surface area (Å²) >= 11 is 0. The van der Waals surface area contributed by atoms with Crippen LogP contribution in [0.25, 0.3) is 0 Å². The largest absolute Gasteiger partial charge is 0.339 e. The second-order valence-corrected chi connectivity index (χ2v) is 3.43. The first kappa shape index (κ1) is 20.0. The van der Waals surface area contributed by atoms with E-state index in [0.717, 1.165) is 0 Å². The molecule has 0 saturated heterocycles. The van der Waals surface area contributed by atoms with Crippen LogP contribution in [0.3, 0.4) is 0 Å². The van der Waals surface area contributed by atoms with Gasteiger partial charge in [-0.1, -0.05) is 27.7 Å². The zero-order valence-corrected chi connectivity index (χ0v) is 10.4. The molecule has 7 nitrogen and oxygen atoms in total. The summed E-state index contributed by atoms with van der Waals surface area (Å²) < 4.78 is 10.1. The van der Waals surface area contributed by atoms with Gasteiger partial charge in [-0.15, -0.1) is 0 Å². The SMILES string of the molecule is CC.CC.O=C(CNCP(=O)(O)O)NO. The number of carbonyl (C=O) groups is 1. The maximum absolute atomic E-state index is 10.2. The molecule has 1 amide bonds. The van der Waals surface area contributed by atoms with E-state index in [1.807, 2.05) is 27.7 Å². The quantitative estimate of drug-likeness (QED) is 0.275. The van der Waals surface area contributed by atoms with Gasteiger partial charge < -0.3 is 9.79 Å². The molecule has 0 bridgehead atoms. The van der Waals surface area contributed by atoms with E-state index in [1.54, 1.807) is 0 Å². The summed E-state index contributed by atoms with van der Waals surface area (Å²) in [4.78, 5) is 26.7.